The number of carboxylic acid groups (broad SMARTS) is 1. The standard InChI is InChI=1S/C11H8BrClN2O4S/c12-10-7(13)2-1-3-8(10)15-20(18,19)6-4-9(11(16)17)14-5-6/h1-5,14-15H,(H,16,17). The Morgan fingerprint density at radius 3 is 2.70 bits per heavy atom. The smallest absolute Gasteiger partial charge is 0.352 e. The largest absolute Gasteiger partial charge is 0.477 e. The minimum atomic E-state index is -3.90. The summed E-state index contributed by atoms with van der Waals surface area (Å²) in [5.74, 6) is -1.24. The Hall–Kier alpha value is -1.51. The highest BCUT2D eigenvalue weighted by molar-refractivity contribution is 9.10. The van der Waals surface area contributed by atoms with Crippen molar-refractivity contribution in [2.45, 2.75) is 4.90 Å². The molecule has 0 amide bonds. The van der Waals surface area contributed by atoms with Gasteiger partial charge in [-0.25, -0.2) is 13.2 Å². The van der Waals surface area contributed by atoms with E-state index in [1.54, 1.807) is 12.1 Å². The molecule has 0 aliphatic carbocycles. The monoisotopic (exact) mass is 378 g/mol. The lowest BCUT2D eigenvalue weighted by Crippen LogP contribution is -2.12. The summed E-state index contributed by atoms with van der Waals surface area (Å²) in [7, 11) is -3.90. The first-order valence-electron chi connectivity index (χ1n) is 5.20. The number of hydrogen-bond acceptors (Lipinski definition) is 3. The average molecular weight is 380 g/mol. The Kier molecular flexibility index (Phi) is 4.07. The van der Waals surface area contributed by atoms with Crippen molar-refractivity contribution < 1.29 is 18.3 Å². The van der Waals surface area contributed by atoms with Crippen molar-refractivity contribution in [1.29, 1.82) is 0 Å². The second kappa shape index (κ2) is 5.47. The average Bonchev–Trinajstić information content (AvgIpc) is 2.85. The maximum absolute atomic E-state index is 12.1. The first-order chi connectivity index (χ1) is 9.31. The second-order valence-electron chi connectivity index (χ2n) is 3.76. The predicted octanol–water partition coefficient (Wildman–Crippen LogP) is 2.93. The lowest BCUT2D eigenvalue weighted by Gasteiger charge is -2.09. The van der Waals surface area contributed by atoms with Gasteiger partial charge in [-0.3, -0.25) is 4.72 Å². The van der Waals surface area contributed by atoms with Gasteiger partial charge in [0.15, 0.2) is 0 Å². The van der Waals surface area contributed by atoms with E-state index in [9.17, 15) is 13.2 Å². The van der Waals surface area contributed by atoms with Crippen LogP contribution in [0.3, 0.4) is 0 Å². The number of aromatic nitrogens is 1. The topological polar surface area (TPSA) is 99.3 Å². The summed E-state index contributed by atoms with van der Waals surface area (Å²) in [6, 6.07) is 5.74. The summed E-state index contributed by atoms with van der Waals surface area (Å²) in [5.41, 5.74) is 0.0473. The molecule has 0 bridgehead atoms. The zero-order valence-electron chi connectivity index (χ0n) is 9.72. The Morgan fingerprint density at radius 1 is 1.40 bits per heavy atom. The highest BCUT2D eigenvalue weighted by Crippen LogP contribution is 2.31. The normalized spacial score (nSPS) is 11.3. The molecular weight excluding hydrogens is 372 g/mol. The van der Waals surface area contributed by atoms with Crippen molar-refractivity contribution in [3.8, 4) is 0 Å². The molecule has 0 aliphatic heterocycles. The van der Waals surface area contributed by atoms with E-state index in [4.69, 9.17) is 16.7 Å². The van der Waals surface area contributed by atoms with Crippen LogP contribution < -0.4 is 4.72 Å². The Morgan fingerprint density at radius 2 is 2.10 bits per heavy atom. The summed E-state index contributed by atoms with van der Waals surface area (Å²) >= 11 is 9.04. The summed E-state index contributed by atoms with van der Waals surface area (Å²) in [6.07, 6.45) is 1.10. The fraction of sp³-hybridized carbons (Fsp3) is 0. The van der Waals surface area contributed by atoms with Crippen LogP contribution in [0.25, 0.3) is 0 Å². The number of carboxylic acids is 1. The van der Waals surface area contributed by atoms with Gasteiger partial charge >= 0.3 is 5.97 Å². The fourth-order valence-electron chi connectivity index (χ4n) is 1.44. The number of H-pyrrole nitrogens is 1. The van der Waals surface area contributed by atoms with Gasteiger partial charge in [0.05, 0.1) is 15.2 Å². The molecule has 1 aromatic heterocycles. The Balaban J connectivity index is 2.35. The highest BCUT2D eigenvalue weighted by Gasteiger charge is 2.19. The lowest BCUT2D eigenvalue weighted by atomic mass is 10.3. The van der Waals surface area contributed by atoms with Crippen LogP contribution in [0, 0.1) is 0 Å². The molecular formula is C11H8BrClN2O4S. The predicted molar refractivity (Wildman–Crippen MR) is 77.7 cm³/mol. The molecule has 9 heteroatoms. The molecule has 0 aliphatic rings. The van der Waals surface area contributed by atoms with Crippen LogP contribution in [-0.2, 0) is 10.0 Å². The van der Waals surface area contributed by atoms with Gasteiger partial charge in [-0.15, -0.1) is 0 Å². The zero-order valence-corrected chi connectivity index (χ0v) is 12.9. The third kappa shape index (κ3) is 2.97. The Labute approximate surface area is 127 Å². The van der Waals surface area contributed by atoms with Crippen molar-refractivity contribution in [3.05, 3.63) is 45.7 Å². The molecule has 1 heterocycles. The van der Waals surface area contributed by atoms with Crippen LogP contribution in [-0.4, -0.2) is 24.5 Å². The molecule has 0 atom stereocenters. The van der Waals surface area contributed by atoms with Gasteiger partial charge in [-0.1, -0.05) is 17.7 Å². The van der Waals surface area contributed by atoms with Gasteiger partial charge in [-0.05, 0) is 34.1 Å². The Bertz CT molecular complexity index is 772. The molecule has 0 unspecified atom stereocenters. The first-order valence-corrected chi connectivity index (χ1v) is 7.85. The van der Waals surface area contributed by atoms with Gasteiger partial charge in [0.2, 0.25) is 0 Å². The second-order valence-corrected chi connectivity index (χ2v) is 6.64. The summed E-state index contributed by atoms with van der Waals surface area (Å²) in [5, 5.41) is 9.12. The van der Waals surface area contributed by atoms with Crippen LogP contribution >= 0.6 is 27.5 Å². The summed E-state index contributed by atoms with van der Waals surface area (Å²) in [6.45, 7) is 0. The highest BCUT2D eigenvalue weighted by atomic mass is 79.9. The van der Waals surface area contributed by atoms with Crippen molar-refractivity contribution in [3.63, 3.8) is 0 Å². The summed E-state index contributed by atoms with van der Waals surface area (Å²) < 4.78 is 27.0. The van der Waals surface area contributed by atoms with Gasteiger partial charge in [0.25, 0.3) is 10.0 Å². The van der Waals surface area contributed by atoms with Crippen LogP contribution in [0.2, 0.25) is 5.02 Å². The van der Waals surface area contributed by atoms with Gasteiger partial charge in [-0.2, -0.15) is 0 Å². The molecule has 0 saturated carbocycles. The number of aromatic amines is 1. The maximum Gasteiger partial charge on any atom is 0.352 e. The molecule has 1 aromatic carbocycles. The van der Waals surface area contributed by atoms with Gasteiger partial charge in [0.1, 0.15) is 10.6 Å². The minimum absolute atomic E-state index is 0.179. The molecule has 0 saturated heterocycles. The lowest BCUT2D eigenvalue weighted by molar-refractivity contribution is 0.0691. The van der Waals surface area contributed by atoms with E-state index >= 15 is 0 Å². The van der Waals surface area contributed by atoms with Crippen molar-refractivity contribution >= 4 is 49.2 Å². The van der Waals surface area contributed by atoms with E-state index in [1.165, 1.54) is 6.07 Å². The molecule has 3 N–H and O–H groups in total. The number of carbonyl (C=O) groups is 1. The summed E-state index contributed by atoms with van der Waals surface area (Å²) in [4.78, 5) is 12.9. The van der Waals surface area contributed by atoms with Crippen LogP contribution in [0.15, 0.2) is 39.8 Å². The molecule has 2 aromatic rings. The molecule has 2 rings (SSSR count). The van der Waals surface area contributed by atoms with E-state index in [0.29, 0.717) is 9.50 Å². The number of benzene rings is 1. The SMILES string of the molecule is O=C(O)c1cc(S(=O)(=O)Nc2cccc(Cl)c2Br)c[nH]1. The molecule has 0 fully saturated rings. The number of nitrogens with one attached hydrogen (secondary N) is 2. The zero-order chi connectivity index (χ0) is 14.9. The van der Waals surface area contributed by atoms with Crippen molar-refractivity contribution in [2.75, 3.05) is 4.72 Å². The number of sulfonamides is 1. The molecule has 106 valence electrons. The van der Waals surface area contributed by atoms with Gasteiger partial charge in [0, 0.05) is 6.20 Å². The van der Waals surface area contributed by atoms with Gasteiger partial charge < -0.3 is 10.1 Å². The van der Waals surface area contributed by atoms with E-state index in [1.807, 2.05) is 0 Å². The third-order valence-electron chi connectivity index (χ3n) is 2.39. The fourth-order valence-corrected chi connectivity index (χ4v) is 3.17. The molecule has 20 heavy (non-hydrogen) atoms. The van der Waals surface area contributed by atoms with Crippen molar-refractivity contribution in [2.24, 2.45) is 0 Å². The first kappa shape index (κ1) is 14.9. The van der Waals surface area contributed by atoms with Crippen molar-refractivity contribution in [1.82, 2.24) is 4.98 Å². The molecule has 6 nitrogen and oxygen atoms in total. The number of rotatable bonds is 4. The minimum Gasteiger partial charge on any atom is -0.477 e. The number of hydrogen-bond donors (Lipinski definition) is 3. The van der Waals surface area contributed by atoms with E-state index in [-0.39, 0.29) is 16.3 Å². The maximum atomic E-state index is 12.1. The molecule has 0 spiro atoms. The van der Waals surface area contributed by atoms with E-state index < -0.39 is 16.0 Å². The van der Waals surface area contributed by atoms with E-state index in [2.05, 4.69) is 25.6 Å². The number of halogens is 2. The third-order valence-corrected chi connectivity index (χ3v) is 5.14. The molecule has 0 radical (unpaired) electrons. The van der Waals surface area contributed by atoms with Crippen LogP contribution in [0.5, 0.6) is 0 Å². The number of aromatic carboxylic acids is 1. The quantitative estimate of drug-likeness (QED) is 0.760. The number of anilines is 1. The van der Waals surface area contributed by atoms with E-state index in [0.717, 1.165) is 12.3 Å². The van der Waals surface area contributed by atoms with Crippen LogP contribution in [0.1, 0.15) is 10.5 Å². The van der Waals surface area contributed by atoms with Crippen LogP contribution in [0.4, 0.5) is 5.69 Å².